The number of likely N-dealkylation sites (tertiary alicyclic amines) is 1. The van der Waals surface area contributed by atoms with Gasteiger partial charge in [0.1, 0.15) is 5.75 Å². The van der Waals surface area contributed by atoms with Gasteiger partial charge in [-0.1, -0.05) is 0 Å². The van der Waals surface area contributed by atoms with Crippen LogP contribution in [0.5, 0.6) is 5.75 Å². The molecule has 0 radical (unpaired) electrons. The molecule has 0 amide bonds. The third-order valence-corrected chi connectivity index (χ3v) is 3.56. The number of nitriles is 1. The second-order valence-corrected chi connectivity index (χ2v) is 4.96. The minimum Gasteiger partial charge on any atom is -0.496 e. The van der Waals surface area contributed by atoms with Crippen molar-refractivity contribution in [3.05, 3.63) is 33.9 Å². The van der Waals surface area contributed by atoms with E-state index >= 15 is 0 Å². The van der Waals surface area contributed by atoms with Crippen LogP contribution in [-0.4, -0.2) is 30.0 Å². The number of ether oxygens (including phenoxy) is 1. The average molecular weight is 275 g/mol. The summed E-state index contributed by atoms with van der Waals surface area (Å²) in [6.07, 6.45) is 1.91. The quantitative estimate of drug-likeness (QED) is 0.622. The monoisotopic (exact) mass is 275 g/mol. The molecule has 0 aromatic heterocycles. The van der Waals surface area contributed by atoms with Gasteiger partial charge in [-0.3, -0.25) is 15.0 Å². The van der Waals surface area contributed by atoms with E-state index < -0.39 is 4.92 Å². The van der Waals surface area contributed by atoms with E-state index in [0.29, 0.717) is 18.8 Å². The van der Waals surface area contributed by atoms with Crippen molar-refractivity contribution in [3.63, 3.8) is 0 Å². The van der Waals surface area contributed by atoms with Gasteiger partial charge in [0.2, 0.25) is 0 Å². The number of nitrogens with zero attached hydrogens (tertiary/aromatic N) is 3. The molecule has 1 aromatic carbocycles. The maximum Gasteiger partial charge on any atom is 0.270 e. The van der Waals surface area contributed by atoms with Crippen molar-refractivity contribution in [2.75, 3.05) is 20.2 Å². The summed E-state index contributed by atoms with van der Waals surface area (Å²) < 4.78 is 5.26. The van der Waals surface area contributed by atoms with Gasteiger partial charge in [0.05, 0.1) is 24.0 Å². The maximum absolute atomic E-state index is 10.9. The lowest BCUT2D eigenvalue weighted by atomic mass is 9.99. The van der Waals surface area contributed by atoms with Crippen LogP contribution in [0.4, 0.5) is 5.69 Å². The van der Waals surface area contributed by atoms with Crippen molar-refractivity contribution in [3.8, 4) is 11.8 Å². The molecule has 0 aliphatic carbocycles. The van der Waals surface area contributed by atoms with Gasteiger partial charge in [0.15, 0.2) is 0 Å². The predicted octanol–water partition coefficient (Wildman–Crippen LogP) is 2.34. The van der Waals surface area contributed by atoms with Crippen LogP contribution in [-0.2, 0) is 6.54 Å². The van der Waals surface area contributed by atoms with Gasteiger partial charge >= 0.3 is 0 Å². The molecule has 1 atom stereocenters. The second kappa shape index (κ2) is 6.35. The fourth-order valence-corrected chi connectivity index (χ4v) is 2.55. The third kappa shape index (κ3) is 3.25. The van der Waals surface area contributed by atoms with Crippen LogP contribution in [0.3, 0.4) is 0 Å². The summed E-state index contributed by atoms with van der Waals surface area (Å²) in [5.41, 5.74) is 0.856. The number of nitro benzene ring substituents is 1. The van der Waals surface area contributed by atoms with E-state index in [2.05, 4.69) is 11.0 Å². The van der Waals surface area contributed by atoms with Crippen LogP contribution < -0.4 is 4.74 Å². The molecule has 2 rings (SSSR count). The summed E-state index contributed by atoms with van der Waals surface area (Å²) in [7, 11) is 1.55. The largest absolute Gasteiger partial charge is 0.496 e. The Morgan fingerprint density at radius 1 is 1.60 bits per heavy atom. The molecule has 0 N–H and O–H groups in total. The van der Waals surface area contributed by atoms with E-state index in [9.17, 15) is 10.1 Å². The predicted molar refractivity (Wildman–Crippen MR) is 73.3 cm³/mol. The lowest BCUT2D eigenvalue weighted by Gasteiger charge is -2.29. The summed E-state index contributed by atoms with van der Waals surface area (Å²) in [5.74, 6) is 0.697. The van der Waals surface area contributed by atoms with Crippen molar-refractivity contribution in [2.24, 2.45) is 5.92 Å². The SMILES string of the molecule is COc1ccc([N+](=O)[O-])cc1CN1CCCC(C#N)C1. The Bertz CT molecular complexity index is 539. The van der Waals surface area contributed by atoms with Gasteiger partial charge in [0, 0.05) is 30.8 Å². The summed E-state index contributed by atoms with van der Waals surface area (Å²) >= 11 is 0. The zero-order valence-corrected chi connectivity index (χ0v) is 11.4. The maximum atomic E-state index is 10.9. The molecule has 1 aromatic rings. The molecule has 1 saturated heterocycles. The smallest absolute Gasteiger partial charge is 0.270 e. The Balaban J connectivity index is 2.17. The highest BCUT2D eigenvalue weighted by Crippen LogP contribution is 2.27. The molecule has 6 heteroatoms. The zero-order valence-electron chi connectivity index (χ0n) is 11.4. The van der Waals surface area contributed by atoms with Gasteiger partial charge in [-0.15, -0.1) is 0 Å². The Morgan fingerprint density at radius 3 is 3.05 bits per heavy atom. The van der Waals surface area contributed by atoms with Gasteiger partial charge in [-0.2, -0.15) is 5.26 Å². The molecule has 0 saturated carbocycles. The van der Waals surface area contributed by atoms with Crippen molar-refractivity contribution in [1.29, 1.82) is 5.26 Å². The first-order chi connectivity index (χ1) is 9.63. The number of non-ortho nitro benzene ring substituents is 1. The van der Waals surface area contributed by atoms with E-state index in [4.69, 9.17) is 10.00 Å². The van der Waals surface area contributed by atoms with E-state index in [-0.39, 0.29) is 11.6 Å². The molecule has 0 bridgehead atoms. The molecule has 1 unspecified atom stereocenters. The first kappa shape index (κ1) is 14.3. The highest BCUT2D eigenvalue weighted by Gasteiger charge is 2.21. The van der Waals surface area contributed by atoms with E-state index in [1.165, 1.54) is 6.07 Å². The van der Waals surface area contributed by atoms with Crippen LogP contribution in [0, 0.1) is 27.4 Å². The number of methoxy groups -OCH3 is 1. The van der Waals surface area contributed by atoms with E-state index in [1.807, 2.05) is 0 Å². The zero-order chi connectivity index (χ0) is 14.5. The van der Waals surface area contributed by atoms with Crippen LogP contribution >= 0.6 is 0 Å². The van der Waals surface area contributed by atoms with Gasteiger partial charge in [-0.25, -0.2) is 0 Å². The minimum absolute atomic E-state index is 0.0495. The molecule has 6 nitrogen and oxygen atoms in total. The molecular weight excluding hydrogens is 258 g/mol. The van der Waals surface area contributed by atoms with Crippen LogP contribution in [0.15, 0.2) is 18.2 Å². The Kier molecular flexibility index (Phi) is 4.53. The van der Waals surface area contributed by atoms with Gasteiger partial charge in [0.25, 0.3) is 5.69 Å². The molecule has 106 valence electrons. The number of hydrogen-bond acceptors (Lipinski definition) is 5. The first-order valence-electron chi connectivity index (χ1n) is 6.57. The van der Waals surface area contributed by atoms with E-state index in [0.717, 1.165) is 24.9 Å². The van der Waals surface area contributed by atoms with Crippen LogP contribution in [0.2, 0.25) is 0 Å². The topological polar surface area (TPSA) is 79.4 Å². The summed E-state index contributed by atoms with van der Waals surface area (Å²) in [6.45, 7) is 2.19. The van der Waals surface area contributed by atoms with Crippen LogP contribution in [0.25, 0.3) is 0 Å². The highest BCUT2D eigenvalue weighted by molar-refractivity contribution is 5.43. The normalized spacial score (nSPS) is 19.3. The van der Waals surface area contributed by atoms with Crippen molar-refractivity contribution in [1.82, 2.24) is 4.90 Å². The summed E-state index contributed by atoms with van der Waals surface area (Å²) in [4.78, 5) is 12.6. The van der Waals surface area contributed by atoms with Gasteiger partial charge in [-0.05, 0) is 25.5 Å². The van der Waals surface area contributed by atoms with Crippen molar-refractivity contribution >= 4 is 5.69 Å². The highest BCUT2D eigenvalue weighted by atomic mass is 16.6. The Labute approximate surface area is 117 Å². The summed E-state index contributed by atoms with van der Waals surface area (Å²) in [6, 6.07) is 6.91. The molecule has 1 aliphatic heterocycles. The molecular formula is C14H17N3O3. The Morgan fingerprint density at radius 2 is 2.40 bits per heavy atom. The number of benzene rings is 1. The third-order valence-electron chi connectivity index (χ3n) is 3.56. The standard InChI is InChI=1S/C14H17N3O3/c1-20-14-5-4-13(17(18)19)7-12(14)10-16-6-2-3-11(8-15)9-16/h4-5,7,11H,2-3,6,9-10H2,1H3. The second-order valence-electron chi connectivity index (χ2n) is 4.96. The van der Waals surface area contributed by atoms with Crippen molar-refractivity contribution in [2.45, 2.75) is 19.4 Å². The van der Waals surface area contributed by atoms with Gasteiger partial charge < -0.3 is 4.74 Å². The molecule has 1 aliphatic rings. The molecule has 20 heavy (non-hydrogen) atoms. The number of hydrogen-bond donors (Lipinski definition) is 0. The lowest BCUT2D eigenvalue weighted by molar-refractivity contribution is -0.385. The van der Waals surface area contributed by atoms with Crippen LogP contribution in [0.1, 0.15) is 18.4 Å². The number of piperidine rings is 1. The van der Waals surface area contributed by atoms with Crippen molar-refractivity contribution < 1.29 is 9.66 Å². The summed E-state index contributed by atoms with van der Waals surface area (Å²) in [5, 5.41) is 19.9. The first-order valence-corrected chi connectivity index (χ1v) is 6.57. The Hall–Kier alpha value is -2.13. The van der Waals surface area contributed by atoms with E-state index in [1.54, 1.807) is 19.2 Å². The molecule has 1 heterocycles. The average Bonchev–Trinajstić information content (AvgIpc) is 2.47. The minimum atomic E-state index is -0.406. The lowest BCUT2D eigenvalue weighted by Crippen LogP contribution is -2.34. The fraction of sp³-hybridized carbons (Fsp3) is 0.500. The number of nitro groups is 1. The fourth-order valence-electron chi connectivity index (χ4n) is 2.55. The number of rotatable bonds is 4. The molecule has 1 fully saturated rings. The molecule has 0 spiro atoms.